The zero-order valence-corrected chi connectivity index (χ0v) is 12.1. The predicted molar refractivity (Wildman–Crippen MR) is 75.9 cm³/mol. The summed E-state index contributed by atoms with van der Waals surface area (Å²) in [6, 6.07) is 5.52. The van der Waals surface area contributed by atoms with Crippen LogP contribution in [0.5, 0.6) is 0 Å². The molecule has 0 aliphatic heterocycles. The second-order valence-electron chi connectivity index (χ2n) is 3.69. The Morgan fingerprint density at radius 2 is 2.21 bits per heavy atom. The lowest BCUT2D eigenvalue weighted by Crippen LogP contribution is -2.02. The van der Waals surface area contributed by atoms with Gasteiger partial charge in [0.25, 0.3) is 0 Å². The number of aromatic nitrogens is 2. The molecule has 19 heavy (non-hydrogen) atoms. The van der Waals surface area contributed by atoms with Crippen molar-refractivity contribution < 1.29 is 4.92 Å². The van der Waals surface area contributed by atoms with Gasteiger partial charge < -0.3 is 5.32 Å². The smallest absolute Gasteiger partial charge is 0.329 e. The van der Waals surface area contributed by atoms with Crippen molar-refractivity contribution in [3.05, 3.63) is 49.8 Å². The molecule has 1 aromatic carbocycles. The van der Waals surface area contributed by atoms with Gasteiger partial charge in [0.2, 0.25) is 11.1 Å². The third-order valence-corrected chi connectivity index (χ3v) is 3.62. The first-order chi connectivity index (χ1) is 8.99. The minimum absolute atomic E-state index is 0.0521. The van der Waals surface area contributed by atoms with Crippen molar-refractivity contribution in [2.75, 3.05) is 5.32 Å². The maximum absolute atomic E-state index is 10.9. The van der Waals surface area contributed by atoms with Crippen LogP contribution in [0, 0.1) is 17.0 Å². The van der Waals surface area contributed by atoms with Gasteiger partial charge >= 0.3 is 5.69 Å². The minimum Gasteiger partial charge on any atom is -0.333 e. The largest absolute Gasteiger partial charge is 0.333 e. The number of hydrogen-bond acceptors (Lipinski definition) is 5. The number of anilines is 2. The van der Waals surface area contributed by atoms with Crippen LogP contribution in [0.15, 0.2) is 28.9 Å². The lowest BCUT2D eigenvalue weighted by Gasteiger charge is -2.09. The molecule has 0 amide bonds. The molecule has 0 radical (unpaired) electrons. The zero-order valence-electron chi connectivity index (χ0n) is 9.72. The van der Waals surface area contributed by atoms with Crippen molar-refractivity contribution in [1.82, 2.24) is 9.97 Å². The van der Waals surface area contributed by atoms with Crippen molar-refractivity contribution in [1.29, 1.82) is 0 Å². The summed E-state index contributed by atoms with van der Waals surface area (Å²) in [6.45, 7) is 1.91. The van der Waals surface area contributed by atoms with E-state index >= 15 is 0 Å². The standard InChI is InChI=1S/C11H8BrClN4O2/c1-6-3-2-4-7(9(6)12)15-10-8(17(18)19)5-14-11(13)16-10/h2-5H,1H3,(H,14,15,16). The molecule has 0 atom stereocenters. The van der Waals surface area contributed by atoms with Gasteiger partial charge in [0, 0.05) is 4.47 Å². The van der Waals surface area contributed by atoms with E-state index < -0.39 is 4.92 Å². The molecule has 0 saturated carbocycles. The maximum Gasteiger partial charge on any atom is 0.329 e. The first-order valence-electron chi connectivity index (χ1n) is 5.18. The fourth-order valence-corrected chi connectivity index (χ4v) is 1.95. The molecule has 0 aliphatic rings. The Morgan fingerprint density at radius 3 is 2.89 bits per heavy atom. The van der Waals surface area contributed by atoms with Crippen molar-refractivity contribution in [2.24, 2.45) is 0 Å². The normalized spacial score (nSPS) is 10.3. The first-order valence-corrected chi connectivity index (χ1v) is 6.35. The Hall–Kier alpha value is -1.73. The van der Waals surface area contributed by atoms with Crippen LogP contribution in [0.2, 0.25) is 5.28 Å². The minimum atomic E-state index is -0.567. The average molecular weight is 344 g/mol. The number of hydrogen-bond donors (Lipinski definition) is 1. The third-order valence-electron chi connectivity index (χ3n) is 2.38. The van der Waals surface area contributed by atoms with Crippen LogP contribution >= 0.6 is 27.5 Å². The van der Waals surface area contributed by atoms with E-state index in [-0.39, 0.29) is 16.8 Å². The van der Waals surface area contributed by atoms with E-state index in [2.05, 4.69) is 31.2 Å². The summed E-state index contributed by atoms with van der Waals surface area (Å²) in [5.41, 5.74) is 1.42. The van der Waals surface area contributed by atoms with Gasteiger partial charge in [0.05, 0.1) is 10.6 Å². The highest BCUT2D eigenvalue weighted by atomic mass is 79.9. The number of halogens is 2. The summed E-state index contributed by atoms with van der Waals surface area (Å²) in [7, 11) is 0. The van der Waals surface area contributed by atoms with Gasteiger partial charge in [-0.3, -0.25) is 10.1 Å². The Kier molecular flexibility index (Phi) is 3.96. The molecule has 0 fully saturated rings. The Bertz CT molecular complexity index is 651. The van der Waals surface area contributed by atoms with Crippen LogP contribution in [-0.4, -0.2) is 14.9 Å². The topological polar surface area (TPSA) is 81.0 Å². The number of nitrogens with one attached hydrogen (secondary N) is 1. The molecule has 0 bridgehead atoms. The van der Waals surface area contributed by atoms with Crippen LogP contribution in [0.1, 0.15) is 5.56 Å². The van der Waals surface area contributed by atoms with Crippen molar-refractivity contribution in [3.8, 4) is 0 Å². The molecule has 98 valence electrons. The second-order valence-corrected chi connectivity index (χ2v) is 4.82. The van der Waals surface area contributed by atoms with Gasteiger partial charge in [0.1, 0.15) is 6.20 Å². The molecule has 1 N–H and O–H groups in total. The molecule has 0 saturated heterocycles. The van der Waals surface area contributed by atoms with Crippen molar-refractivity contribution in [2.45, 2.75) is 6.92 Å². The molecule has 0 spiro atoms. The third kappa shape index (κ3) is 2.99. The van der Waals surface area contributed by atoms with Crippen LogP contribution < -0.4 is 5.32 Å². The monoisotopic (exact) mass is 342 g/mol. The highest BCUT2D eigenvalue weighted by Gasteiger charge is 2.18. The molecular weight excluding hydrogens is 336 g/mol. The first kappa shape index (κ1) is 13.7. The number of nitro groups is 1. The molecule has 6 nitrogen and oxygen atoms in total. The van der Waals surface area contributed by atoms with Crippen LogP contribution in [0.3, 0.4) is 0 Å². The van der Waals surface area contributed by atoms with Crippen LogP contribution in [-0.2, 0) is 0 Å². The molecule has 0 aliphatic carbocycles. The van der Waals surface area contributed by atoms with E-state index in [0.717, 1.165) is 16.2 Å². The van der Waals surface area contributed by atoms with E-state index in [1.165, 1.54) is 0 Å². The summed E-state index contributed by atoms with van der Waals surface area (Å²) in [5.74, 6) is 0.0521. The van der Waals surface area contributed by atoms with Gasteiger partial charge in [-0.15, -0.1) is 0 Å². The highest BCUT2D eigenvalue weighted by molar-refractivity contribution is 9.10. The molecular formula is C11H8BrClN4O2. The average Bonchev–Trinajstić information content (AvgIpc) is 2.35. The quantitative estimate of drug-likeness (QED) is 0.520. The van der Waals surface area contributed by atoms with E-state index in [1.54, 1.807) is 6.07 Å². The number of nitrogens with zero attached hydrogens (tertiary/aromatic N) is 3. The van der Waals surface area contributed by atoms with Crippen molar-refractivity contribution >= 4 is 44.7 Å². The molecule has 8 heteroatoms. The number of rotatable bonds is 3. The summed E-state index contributed by atoms with van der Waals surface area (Å²) in [4.78, 5) is 17.8. The predicted octanol–water partition coefficient (Wildman–Crippen LogP) is 3.85. The fraction of sp³-hybridized carbons (Fsp3) is 0.0909. The number of benzene rings is 1. The van der Waals surface area contributed by atoms with E-state index in [4.69, 9.17) is 11.6 Å². The Morgan fingerprint density at radius 1 is 1.47 bits per heavy atom. The Labute approximate surface area is 122 Å². The molecule has 2 aromatic rings. The lowest BCUT2D eigenvalue weighted by atomic mass is 10.2. The van der Waals surface area contributed by atoms with E-state index in [1.807, 2.05) is 19.1 Å². The maximum atomic E-state index is 10.9. The van der Waals surface area contributed by atoms with Gasteiger partial charge in [-0.1, -0.05) is 12.1 Å². The Balaban J connectivity index is 2.45. The molecule has 1 heterocycles. The van der Waals surface area contributed by atoms with E-state index in [0.29, 0.717) is 5.69 Å². The SMILES string of the molecule is Cc1cccc(Nc2nc(Cl)ncc2[N+](=O)[O-])c1Br. The van der Waals surface area contributed by atoms with Crippen LogP contribution in [0.25, 0.3) is 0 Å². The lowest BCUT2D eigenvalue weighted by molar-refractivity contribution is -0.384. The van der Waals surface area contributed by atoms with Gasteiger partial charge in [-0.2, -0.15) is 4.98 Å². The van der Waals surface area contributed by atoms with Gasteiger partial charge in [-0.05, 0) is 46.1 Å². The summed E-state index contributed by atoms with van der Waals surface area (Å²) >= 11 is 9.07. The van der Waals surface area contributed by atoms with Crippen molar-refractivity contribution in [3.63, 3.8) is 0 Å². The van der Waals surface area contributed by atoms with Gasteiger partial charge in [-0.25, -0.2) is 4.98 Å². The summed E-state index contributed by atoms with van der Waals surface area (Å²) < 4.78 is 0.805. The van der Waals surface area contributed by atoms with Gasteiger partial charge in [0.15, 0.2) is 0 Å². The number of aryl methyl sites for hydroxylation is 1. The zero-order chi connectivity index (χ0) is 14.0. The molecule has 2 rings (SSSR count). The van der Waals surface area contributed by atoms with Crippen LogP contribution in [0.4, 0.5) is 17.2 Å². The second kappa shape index (κ2) is 5.50. The molecule has 1 aromatic heterocycles. The van der Waals surface area contributed by atoms with E-state index in [9.17, 15) is 10.1 Å². The molecule has 0 unspecified atom stereocenters. The summed E-state index contributed by atoms with van der Waals surface area (Å²) in [5, 5.41) is 13.7. The highest BCUT2D eigenvalue weighted by Crippen LogP contribution is 2.31. The summed E-state index contributed by atoms with van der Waals surface area (Å²) in [6.07, 6.45) is 1.07. The fourth-order valence-electron chi connectivity index (χ4n) is 1.45.